The fourth-order valence-corrected chi connectivity index (χ4v) is 1.28. The molecule has 0 fully saturated rings. The van der Waals surface area contributed by atoms with Gasteiger partial charge in [0.2, 0.25) is 0 Å². The van der Waals surface area contributed by atoms with E-state index in [2.05, 4.69) is 25.7 Å². The summed E-state index contributed by atoms with van der Waals surface area (Å²) in [7, 11) is 1.30. The largest absolute Gasteiger partial charge is 0.465 e. The first-order chi connectivity index (χ1) is 5.66. The molecule has 0 aliphatic carbocycles. The van der Waals surface area contributed by atoms with Crippen molar-refractivity contribution in [3.8, 4) is 0 Å². The van der Waals surface area contributed by atoms with Crippen LogP contribution in [0.2, 0.25) is 0 Å². The summed E-state index contributed by atoms with van der Waals surface area (Å²) in [6.45, 7) is 0. The van der Waals surface area contributed by atoms with Crippen LogP contribution >= 0.6 is 15.9 Å². The van der Waals surface area contributed by atoms with E-state index < -0.39 is 5.97 Å². The molecule has 0 saturated carbocycles. The van der Waals surface area contributed by atoms with Gasteiger partial charge >= 0.3 is 5.97 Å². The summed E-state index contributed by atoms with van der Waals surface area (Å²) in [4.78, 5) is 14.9. The molecule has 0 aromatic carbocycles. The zero-order valence-electron chi connectivity index (χ0n) is 6.37. The van der Waals surface area contributed by atoms with Crippen molar-refractivity contribution in [2.45, 2.75) is 0 Å². The number of hydrogen-bond acceptors (Lipinski definition) is 4. The number of nitrogen functional groups attached to an aromatic ring is 1. The molecule has 1 heterocycles. The lowest BCUT2D eigenvalue weighted by Crippen LogP contribution is -2.06. The molecule has 1 aromatic rings. The van der Waals surface area contributed by atoms with Crippen LogP contribution in [0, 0.1) is 0 Å². The number of halogens is 1. The van der Waals surface area contributed by atoms with Crippen LogP contribution in [-0.2, 0) is 4.74 Å². The Hall–Kier alpha value is -1.10. The molecule has 1 aromatic heterocycles. The predicted octanol–water partition coefficient (Wildman–Crippen LogP) is 1.21. The second-order valence-corrected chi connectivity index (χ2v) is 2.93. The van der Waals surface area contributed by atoms with E-state index in [0.717, 1.165) is 0 Å². The minimum Gasteiger partial charge on any atom is -0.465 e. The zero-order valence-corrected chi connectivity index (χ0v) is 7.96. The highest BCUT2D eigenvalue weighted by Crippen LogP contribution is 2.21. The molecule has 2 N–H and O–H groups in total. The Balaban J connectivity index is 3.21. The third kappa shape index (κ3) is 1.55. The minimum atomic E-state index is -0.471. The Morgan fingerprint density at radius 2 is 2.33 bits per heavy atom. The monoisotopic (exact) mass is 230 g/mol. The summed E-state index contributed by atoms with van der Waals surface area (Å²) in [5, 5.41) is 0. The lowest BCUT2D eigenvalue weighted by Gasteiger charge is -2.03. The summed E-state index contributed by atoms with van der Waals surface area (Å²) in [6.07, 6.45) is 2.89. The van der Waals surface area contributed by atoms with Gasteiger partial charge in [-0.1, -0.05) is 0 Å². The molecule has 5 heteroatoms. The molecule has 0 atom stereocenters. The Morgan fingerprint density at radius 1 is 1.67 bits per heavy atom. The maximum Gasteiger partial charge on any atom is 0.341 e. The number of hydrogen-bond donors (Lipinski definition) is 1. The molecule has 0 bridgehead atoms. The Kier molecular flexibility index (Phi) is 2.65. The maximum atomic E-state index is 11.1. The van der Waals surface area contributed by atoms with Gasteiger partial charge in [0.15, 0.2) is 0 Å². The fourth-order valence-electron chi connectivity index (χ4n) is 0.767. The SMILES string of the molecule is COC(=O)c1c(N)cncc1Br. The molecule has 12 heavy (non-hydrogen) atoms. The second-order valence-electron chi connectivity index (χ2n) is 2.08. The third-order valence-corrected chi connectivity index (χ3v) is 1.92. The average molecular weight is 231 g/mol. The van der Waals surface area contributed by atoms with Crippen LogP contribution in [0.5, 0.6) is 0 Å². The Bertz CT molecular complexity index is 294. The summed E-state index contributed by atoms with van der Waals surface area (Å²) in [6, 6.07) is 0. The first-order valence-corrected chi connectivity index (χ1v) is 3.93. The molecule has 0 unspecified atom stereocenters. The number of nitrogens with zero attached hydrogens (tertiary/aromatic N) is 1. The van der Waals surface area contributed by atoms with Gasteiger partial charge in [0.25, 0.3) is 0 Å². The predicted molar refractivity (Wildman–Crippen MR) is 47.7 cm³/mol. The van der Waals surface area contributed by atoms with E-state index in [1.165, 1.54) is 19.5 Å². The van der Waals surface area contributed by atoms with Gasteiger partial charge in [-0.2, -0.15) is 0 Å². The standard InChI is InChI=1S/C7H7BrN2O2/c1-12-7(11)6-4(8)2-10-3-5(6)9/h2-3H,9H2,1H3. The number of esters is 1. The quantitative estimate of drug-likeness (QED) is 0.737. The van der Waals surface area contributed by atoms with Crippen LogP contribution < -0.4 is 5.73 Å². The van der Waals surface area contributed by atoms with Crippen LogP contribution in [0.25, 0.3) is 0 Å². The molecule has 1 rings (SSSR count). The van der Waals surface area contributed by atoms with Gasteiger partial charge in [-0.3, -0.25) is 4.98 Å². The van der Waals surface area contributed by atoms with E-state index in [4.69, 9.17) is 5.73 Å². The van der Waals surface area contributed by atoms with E-state index in [0.29, 0.717) is 15.7 Å². The van der Waals surface area contributed by atoms with Gasteiger partial charge in [0, 0.05) is 6.20 Å². The molecule has 0 amide bonds. The lowest BCUT2D eigenvalue weighted by atomic mass is 10.2. The van der Waals surface area contributed by atoms with Gasteiger partial charge < -0.3 is 10.5 Å². The summed E-state index contributed by atoms with van der Waals surface area (Å²) in [5.41, 5.74) is 6.12. The minimum absolute atomic E-state index is 0.302. The first-order valence-electron chi connectivity index (χ1n) is 3.14. The average Bonchev–Trinajstić information content (AvgIpc) is 2.03. The molecular weight excluding hydrogens is 224 g/mol. The van der Waals surface area contributed by atoms with Gasteiger partial charge in [-0.25, -0.2) is 4.79 Å². The van der Waals surface area contributed by atoms with Crippen molar-refractivity contribution < 1.29 is 9.53 Å². The van der Waals surface area contributed by atoms with Crippen LogP contribution in [0.3, 0.4) is 0 Å². The molecule has 0 saturated heterocycles. The highest BCUT2D eigenvalue weighted by molar-refractivity contribution is 9.10. The number of ether oxygens (including phenoxy) is 1. The smallest absolute Gasteiger partial charge is 0.341 e. The Labute approximate surface area is 77.9 Å². The second kappa shape index (κ2) is 3.53. The van der Waals surface area contributed by atoms with Crippen LogP contribution in [0.15, 0.2) is 16.9 Å². The van der Waals surface area contributed by atoms with Crippen molar-refractivity contribution in [2.24, 2.45) is 0 Å². The lowest BCUT2D eigenvalue weighted by molar-refractivity contribution is 0.0601. The van der Waals surface area contributed by atoms with Crippen LogP contribution in [-0.4, -0.2) is 18.1 Å². The molecule has 4 nitrogen and oxygen atoms in total. The van der Waals surface area contributed by atoms with E-state index in [1.807, 2.05) is 0 Å². The maximum absolute atomic E-state index is 11.1. The molecule has 0 spiro atoms. The number of nitrogens with two attached hydrogens (primary N) is 1. The number of aromatic nitrogens is 1. The van der Waals surface area contributed by atoms with Crippen molar-refractivity contribution in [3.05, 3.63) is 22.4 Å². The molecule has 0 aliphatic heterocycles. The first kappa shape index (κ1) is 8.99. The molecular formula is C7H7BrN2O2. The van der Waals surface area contributed by atoms with Gasteiger partial charge in [0.05, 0.1) is 29.0 Å². The van der Waals surface area contributed by atoms with E-state index in [-0.39, 0.29) is 0 Å². The number of carbonyl (C=O) groups is 1. The summed E-state index contributed by atoms with van der Waals surface area (Å²) >= 11 is 3.15. The fraction of sp³-hybridized carbons (Fsp3) is 0.143. The van der Waals surface area contributed by atoms with E-state index in [9.17, 15) is 4.79 Å². The van der Waals surface area contributed by atoms with Gasteiger partial charge in [0.1, 0.15) is 0 Å². The number of pyridine rings is 1. The zero-order chi connectivity index (χ0) is 9.14. The number of anilines is 1. The van der Waals surface area contributed by atoms with Gasteiger partial charge in [-0.15, -0.1) is 0 Å². The van der Waals surface area contributed by atoms with Crippen LogP contribution in [0.1, 0.15) is 10.4 Å². The van der Waals surface area contributed by atoms with E-state index in [1.54, 1.807) is 0 Å². The highest BCUT2D eigenvalue weighted by Gasteiger charge is 2.13. The van der Waals surface area contributed by atoms with Gasteiger partial charge in [-0.05, 0) is 15.9 Å². The van der Waals surface area contributed by atoms with E-state index >= 15 is 0 Å². The van der Waals surface area contributed by atoms with Crippen LogP contribution in [0.4, 0.5) is 5.69 Å². The number of rotatable bonds is 1. The molecule has 0 aliphatic rings. The normalized spacial score (nSPS) is 9.50. The topological polar surface area (TPSA) is 65.2 Å². The number of methoxy groups -OCH3 is 1. The van der Waals surface area contributed by atoms with Crippen molar-refractivity contribution >= 4 is 27.6 Å². The Morgan fingerprint density at radius 3 is 2.83 bits per heavy atom. The van der Waals surface area contributed by atoms with Crippen molar-refractivity contribution in [1.82, 2.24) is 4.98 Å². The molecule has 0 radical (unpaired) electrons. The summed E-state index contributed by atoms with van der Waals surface area (Å²) < 4.78 is 5.06. The highest BCUT2D eigenvalue weighted by atomic mass is 79.9. The molecule has 64 valence electrons. The van der Waals surface area contributed by atoms with Crippen molar-refractivity contribution in [2.75, 3.05) is 12.8 Å². The summed E-state index contributed by atoms with van der Waals surface area (Å²) in [5.74, 6) is -0.471. The van der Waals surface area contributed by atoms with Crippen molar-refractivity contribution in [3.63, 3.8) is 0 Å². The third-order valence-electron chi connectivity index (χ3n) is 1.32. The number of carbonyl (C=O) groups excluding carboxylic acids is 1. The van der Waals surface area contributed by atoms with Crippen molar-refractivity contribution in [1.29, 1.82) is 0 Å².